The lowest BCUT2D eigenvalue weighted by atomic mass is 10.1. The van der Waals surface area contributed by atoms with Gasteiger partial charge in [0.15, 0.2) is 0 Å². The molecule has 0 heterocycles. The summed E-state index contributed by atoms with van der Waals surface area (Å²) in [7, 11) is 0. The SMILES string of the molecule is Cc1cccc(COc2cccc(NC(=O)CCC(C)N)c2)c1. The molecular weight excluding hydrogens is 288 g/mol. The maximum atomic E-state index is 11.8. The summed E-state index contributed by atoms with van der Waals surface area (Å²) in [6.07, 6.45) is 1.10. The Labute approximate surface area is 137 Å². The summed E-state index contributed by atoms with van der Waals surface area (Å²) in [5.41, 5.74) is 8.73. The van der Waals surface area contributed by atoms with Crippen molar-refractivity contribution in [2.45, 2.75) is 39.3 Å². The molecule has 4 heteroatoms. The van der Waals surface area contributed by atoms with Crippen LogP contribution in [0.3, 0.4) is 0 Å². The zero-order valence-corrected chi connectivity index (χ0v) is 13.7. The van der Waals surface area contributed by atoms with Gasteiger partial charge in [-0.3, -0.25) is 4.79 Å². The lowest BCUT2D eigenvalue weighted by Gasteiger charge is -2.10. The first kappa shape index (κ1) is 17.0. The molecule has 122 valence electrons. The number of carbonyl (C=O) groups excluding carboxylic acids is 1. The highest BCUT2D eigenvalue weighted by atomic mass is 16.5. The van der Waals surface area contributed by atoms with E-state index in [1.165, 1.54) is 5.56 Å². The highest BCUT2D eigenvalue weighted by Gasteiger charge is 2.05. The van der Waals surface area contributed by atoms with E-state index < -0.39 is 0 Å². The average molecular weight is 312 g/mol. The lowest BCUT2D eigenvalue weighted by Crippen LogP contribution is -2.19. The maximum Gasteiger partial charge on any atom is 0.224 e. The molecule has 0 aromatic heterocycles. The molecule has 2 aromatic rings. The standard InChI is InChI=1S/C19H24N2O2/c1-14-5-3-6-16(11-14)13-23-18-8-4-7-17(12-18)21-19(22)10-9-15(2)20/h3-8,11-12,15H,9-10,13,20H2,1-2H3,(H,21,22). The van der Waals surface area contributed by atoms with Gasteiger partial charge in [0, 0.05) is 24.2 Å². The molecule has 0 saturated heterocycles. The van der Waals surface area contributed by atoms with Gasteiger partial charge in [-0.15, -0.1) is 0 Å². The fraction of sp³-hybridized carbons (Fsp3) is 0.316. The Morgan fingerprint density at radius 2 is 2.00 bits per heavy atom. The van der Waals surface area contributed by atoms with Gasteiger partial charge in [0.2, 0.25) is 5.91 Å². The lowest BCUT2D eigenvalue weighted by molar-refractivity contribution is -0.116. The minimum atomic E-state index is -0.0295. The van der Waals surface area contributed by atoms with Crippen LogP contribution in [0.4, 0.5) is 5.69 Å². The van der Waals surface area contributed by atoms with Crippen molar-refractivity contribution in [2.24, 2.45) is 5.73 Å². The Morgan fingerprint density at radius 3 is 2.74 bits per heavy atom. The van der Waals surface area contributed by atoms with E-state index in [4.69, 9.17) is 10.5 Å². The van der Waals surface area contributed by atoms with Gasteiger partial charge in [-0.2, -0.15) is 0 Å². The first-order valence-corrected chi connectivity index (χ1v) is 7.87. The van der Waals surface area contributed by atoms with Crippen LogP contribution in [0, 0.1) is 6.92 Å². The van der Waals surface area contributed by atoms with Gasteiger partial charge in [0.05, 0.1) is 0 Å². The number of anilines is 1. The minimum absolute atomic E-state index is 0.0295. The van der Waals surface area contributed by atoms with E-state index in [9.17, 15) is 4.79 Å². The molecule has 23 heavy (non-hydrogen) atoms. The monoisotopic (exact) mass is 312 g/mol. The summed E-state index contributed by atoms with van der Waals surface area (Å²) >= 11 is 0. The van der Waals surface area contributed by atoms with Crippen molar-refractivity contribution in [1.29, 1.82) is 0 Å². The Kier molecular flexibility index (Phi) is 6.18. The summed E-state index contributed by atoms with van der Waals surface area (Å²) in [4.78, 5) is 11.8. The molecule has 0 fully saturated rings. The number of amides is 1. The third-order valence-corrected chi connectivity index (χ3v) is 3.43. The molecule has 0 aliphatic rings. The van der Waals surface area contributed by atoms with Crippen LogP contribution in [0.5, 0.6) is 5.75 Å². The van der Waals surface area contributed by atoms with Gasteiger partial charge < -0.3 is 15.8 Å². The third-order valence-electron chi connectivity index (χ3n) is 3.43. The van der Waals surface area contributed by atoms with Crippen molar-refractivity contribution in [3.05, 3.63) is 59.7 Å². The number of aryl methyl sites for hydroxylation is 1. The number of hydrogen-bond donors (Lipinski definition) is 2. The number of ether oxygens (including phenoxy) is 1. The molecule has 0 spiro atoms. The molecule has 2 aromatic carbocycles. The zero-order chi connectivity index (χ0) is 16.7. The van der Waals surface area contributed by atoms with Crippen LogP contribution < -0.4 is 15.8 Å². The van der Waals surface area contributed by atoms with E-state index in [0.717, 1.165) is 17.0 Å². The molecule has 0 aliphatic heterocycles. The van der Waals surface area contributed by atoms with Gasteiger partial charge in [-0.25, -0.2) is 0 Å². The first-order chi connectivity index (χ1) is 11.0. The largest absolute Gasteiger partial charge is 0.489 e. The van der Waals surface area contributed by atoms with Gasteiger partial charge in [0.25, 0.3) is 0 Å². The van der Waals surface area contributed by atoms with Crippen LogP contribution in [0.15, 0.2) is 48.5 Å². The Hall–Kier alpha value is -2.33. The van der Waals surface area contributed by atoms with E-state index in [1.54, 1.807) is 0 Å². The summed E-state index contributed by atoms with van der Waals surface area (Å²) < 4.78 is 5.80. The number of carbonyl (C=O) groups is 1. The maximum absolute atomic E-state index is 11.8. The molecule has 2 rings (SSSR count). The molecule has 0 aliphatic carbocycles. The third kappa shape index (κ3) is 6.12. The topological polar surface area (TPSA) is 64.3 Å². The minimum Gasteiger partial charge on any atom is -0.489 e. The molecular formula is C19H24N2O2. The molecule has 1 atom stereocenters. The van der Waals surface area contributed by atoms with Gasteiger partial charge >= 0.3 is 0 Å². The van der Waals surface area contributed by atoms with E-state index in [1.807, 2.05) is 43.3 Å². The molecule has 1 unspecified atom stereocenters. The molecule has 1 amide bonds. The molecule has 0 radical (unpaired) electrons. The smallest absolute Gasteiger partial charge is 0.224 e. The normalized spacial score (nSPS) is 11.8. The van der Waals surface area contributed by atoms with Gasteiger partial charge in [-0.1, -0.05) is 35.9 Å². The number of nitrogens with one attached hydrogen (secondary N) is 1. The van der Waals surface area contributed by atoms with Crippen molar-refractivity contribution in [1.82, 2.24) is 0 Å². The number of rotatable bonds is 7. The van der Waals surface area contributed by atoms with E-state index in [0.29, 0.717) is 19.4 Å². The Morgan fingerprint density at radius 1 is 1.22 bits per heavy atom. The predicted octanol–water partition coefficient (Wildman–Crippen LogP) is 3.64. The van der Waals surface area contributed by atoms with Gasteiger partial charge in [0.1, 0.15) is 12.4 Å². The number of nitrogens with two attached hydrogens (primary N) is 1. The van der Waals surface area contributed by atoms with Crippen molar-refractivity contribution in [2.75, 3.05) is 5.32 Å². The number of benzene rings is 2. The van der Waals surface area contributed by atoms with Crippen LogP contribution in [-0.4, -0.2) is 11.9 Å². The van der Waals surface area contributed by atoms with E-state index in [2.05, 4.69) is 24.4 Å². The number of hydrogen-bond acceptors (Lipinski definition) is 3. The predicted molar refractivity (Wildman–Crippen MR) is 93.5 cm³/mol. The molecule has 0 saturated carbocycles. The van der Waals surface area contributed by atoms with Crippen molar-refractivity contribution >= 4 is 11.6 Å². The summed E-state index contributed by atoms with van der Waals surface area (Å²) in [6.45, 7) is 4.46. The summed E-state index contributed by atoms with van der Waals surface area (Å²) in [5, 5.41) is 2.87. The fourth-order valence-electron chi connectivity index (χ4n) is 2.21. The van der Waals surface area contributed by atoms with Crippen LogP contribution in [0.2, 0.25) is 0 Å². The first-order valence-electron chi connectivity index (χ1n) is 7.87. The quantitative estimate of drug-likeness (QED) is 0.820. The highest BCUT2D eigenvalue weighted by molar-refractivity contribution is 5.90. The fourth-order valence-corrected chi connectivity index (χ4v) is 2.21. The second-order valence-electron chi connectivity index (χ2n) is 5.87. The highest BCUT2D eigenvalue weighted by Crippen LogP contribution is 2.19. The van der Waals surface area contributed by atoms with Crippen molar-refractivity contribution < 1.29 is 9.53 Å². The van der Waals surface area contributed by atoms with Crippen molar-refractivity contribution in [3.8, 4) is 5.75 Å². The molecule has 0 bridgehead atoms. The zero-order valence-electron chi connectivity index (χ0n) is 13.7. The van der Waals surface area contributed by atoms with E-state index in [-0.39, 0.29) is 11.9 Å². The molecule has 4 nitrogen and oxygen atoms in total. The second kappa shape index (κ2) is 8.34. The summed E-state index contributed by atoms with van der Waals surface area (Å²) in [5.74, 6) is 0.703. The van der Waals surface area contributed by atoms with Crippen LogP contribution >= 0.6 is 0 Å². The van der Waals surface area contributed by atoms with E-state index >= 15 is 0 Å². The second-order valence-corrected chi connectivity index (χ2v) is 5.87. The molecule has 3 N–H and O–H groups in total. The van der Waals surface area contributed by atoms with Crippen LogP contribution in [-0.2, 0) is 11.4 Å². The average Bonchev–Trinajstić information content (AvgIpc) is 2.51. The van der Waals surface area contributed by atoms with Crippen molar-refractivity contribution in [3.63, 3.8) is 0 Å². The Balaban J connectivity index is 1.90. The Bertz CT molecular complexity index is 653. The van der Waals surface area contributed by atoms with Crippen LogP contribution in [0.1, 0.15) is 30.9 Å². The van der Waals surface area contributed by atoms with Crippen LogP contribution in [0.25, 0.3) is 0 Å². The summed E-state index contributed by atoms with van der Waals surface area (Å²) in [6, 6.07) is 15.7. The van der Waals surface area contributed by atoms with Gasteiger partial charge in [-0.05, 0) is 38.0 Å².